The number of nitrogens with one attached hydrogen (secondary N) is 2. The summed E-state index contributed by atoms with van der Waals surface area (Å²) in [6, 6.07) is 13.6. The lowest BCUT2D eigenvalue weighted by Crippen LogP contribution is -2.15. The Morgan fingerprint density at radius 2 is 1.77 bits per heavy atom. The molecule has 3 aromatic rings. The van der Waals surface area contributed by atoms with Gasteiger partial charge < -0.3 is 20.1 Å². The number of rotatable bonds is 8. The van der Waals surface area contributed by atoms with E-state index in [9.17, 15) is 14.0 Å². The van der Waals surface area contributed by atoms with E-state index >= 15 is 0 Å². The molecular formula is C21H19FN4O4S. The number of carbonyl (C=O) groups excluding carboxylic acids is 2. The summed E-state index contributed by atoms with van der Waals surface area (Å²) in [5, 5.41) is 13.7. The van der Waals surface area contributed by atoms with Gasteiger partial charge in [-0.3, -0.25) is 9.59 Å². The number of thioether (sulfide) groups is 1. The van der Waals surface area contributed by atoms with Gasteiger partial charge in [-0.15, -0.1) is 10.2 Å². The molecule has 1 heterocycles. The first kappa shape index (κ1) is 22.0. The van der Waals surface area contributed by atoms with Crippen LogP contribution in [-0.2, 0) is 4.79 Å². The van der Waals surface area contributed by atoms with Crippen molar-refractivity contribution in [3.8, 4) is 11.5 Å². The summed E-state index contributed by atoms with van der Waals surface area (Å²) in [4.78, 5) is 24.3. The lowest BCUT2D eigenvalue weighted by Gasteiger charge is -2.10. The van der Waals surface area contributed by atoms with Crippen molar-refractivity contribution in [2.24, 2.45) is 0 Å². The smallest absolute Gasteiger partial charge is 0.256 e. The molecule has 31 heavy (non-hydrogen) atoms. The van der Waals surface area contributed by atoms with E-state index in [1.54, 1.807) is 30.3 Å². The Bertz CT molecular complexity index is 1080. The minimum absolute atomic E-state index is 0.109. The fourth-order valence-corrected chi connectivity index (χ4v) is 3.15. The van der Waals surface area contributed by atoms with Crippen LogP contribution in [0.5, 0.6) is 11.5 Å². The van der Waals surface area contributed by atoms with Gasteiger partial charge in [0, 0.05) is 17.3 Å². The number of hydrogen-bond donors (Lipinski definition) is 2. The molecule has 2 N–H and O–H groups in total. The Morgan fingerprint density at radius 1 is 0.968 bits per heavy atom. The van der Waals surface area contributed by atoms with Crippen molar-refractivity contribution in [1.29, 1.82) is 0 Å². The van der Waals surface area contributed by atoms with Gasteiger partial charge in [0.1, 0.15) is 10.8 Å². The third kappa shape index (κ3) is 6.16. The Morgan fingerprint density at radius 3 is 2.45 bits per heavy atom. The number of hydrogen-bond acceptors (Lipinski definition) is 7. The molecule has 160 valence electrons. The zero-order valence-corrected chi connectivity index (χ0v) is 17.5. The molecule has 2 amide bonds. The molecule has 0 aliphatic heterocycles. The van der Waals surface area contributed by atoms with Crippen LogP contribution in [0.3, 0.4) is 0 Å². The number of amides is 2. The van der Waals surface area contributed by atoms with Gasteiger partial charge in [-0.1, -0.05) is 17.8 Å². The SMILES string of the molecule is COc1ccc(NC(=O)CSc2ccc(NC(=O)c3cccc(F)c3)nn2)cc1OC. The molecule has 0 aliphatic carbocycles. The minimum Gasteiger partial charge on any atom is -0.493 e. The van der Waals surface area contributed by atoms with E-state index in [0.717, 1.165) is 6.07 Å². The molecule has 8 nitrogen and oxygen atoms in total. The first-order valence-electron chi connectivity index (χ1n) is 9.04. The Labute approximate surface area is 182 Å². The maximum absolute atomic E-state index is 13.2. The third-order valence-electron chi connectivity index (χ3n) is 3.99. The van der Waals surface area contributed by atoms with E-state index in [2.05, 4.69) is 20.8 Å². The molecule has 2 aromatic carbocycles. The average Bonchev–Trinajstić information content (AvgIpc) is 2.78. The van der Waals surface area contributed by atoms with Gasteiger partial charge in [0.05, 0.1) is 20.0 Å². The summed E-state index contributed by atoms with van der Waals surface area (Å²) in [5.74, 6) is 0.165. The number of halogens is 1. The molecule has 0 saturated carbocycles. The Balaban J connectivity index is 1.52. The number of nitrogens with zero attached hydrogens (tertiary/aromatic N) is 2. The van der Waals surface area contributed by atoms with Gasteiger partial charge in [0.2, 0.25) is 5.91 Å². The highest BCUT2D eigenvalue weighted by atomic mass is 32.2. The van der Waals surface area contributed by atoms with Crippen LogP contribution in [0.25, 0.3) is 0 Å². The standard InChI is InChI=1S/C21H19FN4O4S/c1-29-16-7-6-15(11-17(16)30-2)23-19(27)12-31-20-9-8-18(25-26-20)24-21(28)13-4-3-5-14(22)10-13/h3-11H,12H2,1-2H3,(H,23,27)(H,24,25,28). The highest BCUT2D eigenvalue weighted by Gasteiger charge is 2.10. The molecule has 3 rings (SSSR count). The van der Waals surface area contributed by atoms with Crippen LogP contribution in [0.15, 0.2) is 59.6 Å². The predicted octanol–water partition coefficient (Wildman–Crippen LogP) is 3.62. The second-order valence-corrected chi connectivity index (χ2v) is 7.12. The Hall–Kier alpha value is -3.66. The summed E-state index contributed by atoms with van der Waals surface area (Å²) in [6.45, 7) is 0. The first-order chi connectivity index (χ1) is 15.0. The van der Waals surface area contributed by atoms with E-state index in [1.807, 2.05) is 0 Å². The number of aromatic nitrogens is 2. The third-order valence-corrected chi connectivity index (χ3v) is 4.91. The minimum atomic E-state index is -0.503. The van der Waals surface area contributed by atoms with E-state index in [-0.39, 0.29) is 23.0 Å². The zero-order chi connectivity index (χ0) is 22.2. The molecular weight excluding hydrogens is 423 g/mol. The summed E-state index contributed by atoms with van der Waals surface area (Å²) in [5.41, 5.74) is 0.747. The summed E-state index contributed by atoms with van der Waals surface area (Å²) in [6.07, 6.45) is 0. The normalized spacial score (nSPS) is 10.3. The number of ether oxygens (including phenoxy) is 2. The van der Waals surface area contributed by atoms with Crippen molar-refractivity contribution < 1.29 is 23.5 Å². The lowest BCUT2D eigenvalue weighted by atomic mass is 10.2. The monoisotopic (exact) mass is 442 g/mol. The molecule has 10 heteroatoms. The van der Waals surface area contributed by atoms with Crippen molar-refractivity contribution in [2.45, 2.75) is 5.03 Å². The van der Waals surface area contributed by atoms with E-state index in [0.29, 0.717) is 22.2 Å². The number of anilines is 2. The fraction of sp³-hybridized carbons (Fsp3) is 0.143. The van der Waals surface area contributed by atoms with E-state index < -0.39 is 11.7 Å². The van der Waals surface area contributed by atoms with Crippen LogP contribution >= 0.6 is 11.8 Å². The highest BCUT2D eigenvalue weighted by Crippen LogP contribution is 2.29. The van der Waals surface area contributed by atoms with Gasteiger partial charge in [0.15, 0.2) is 17.3 Å². The van der Waals surface area contributed by atoms with Crippen LogP contribution in [0.2, 0.25) is 0 Å². The number of methoxy groups -OCH3 is 2. The van der Waals surface area contributed by atoms with Crippen molar-refractivity contribution in [2.75, 3.05) is 30.6 Å². The lowest BCUT2D eigenvalue weighted by molar-refractivity contribution is -0.113. The molecule has 0 unspecified atom stereocenters. The van der Waals surface area contributed by atoms with Crippen molar-refractivity contribution in [1.82, 2.24) is 10.2 Å². The second-order valence-electron chi connectivity index (χ2n) is 6.13. The van der Waals surface area contributed by atoms with Gasteiger partial charge in [0.25, 0.3) is 5.91 Å². The molecule has 1 aromatic heterocycles. The van der Waals surface area contributed by atoms with Crippen LogP contribution in [0.1, 0.15) is 10.4 Å². The van der Waals surface area contributed by atoms with E-state index in [1.165, 1.54) is 44.2 Å². The van der Waals surface area contributed by atoms with Crippen molar-refractivity contribution in [3.05, 3.63) is 66.0 Å². The highest BCUT2D eigenvalue weighted by molar-refractivity contribution is 7.99. The summed E-state index contributed by atoms with van der Waals surface area (Å²) >= 11 is 1.19. The van der Waals surface area contributed by atoms with Gasteiger partial charge >= 0.3 is 0 Å². The zero-order valence-electron chi connectivity index (χ0n) is 16.7. The van der Waals surface area contributed by atoms with Crippen molar-refractivity contribution >= 4 is 35.1 Å². The quantitative estimate of drug-likeness (QED) is 0.514. The molecule has 0 radical (unpaired) electrons. The van der Waals surface area contributed by atoms with Gasteiger partial charge in [-0.2, -0.15) is 0 Å². The summed E-state index contributed by atoms with van der Waals surface area (Å²) in [7, 11) is 3.05. The summed E-state index contributed by atoms with van der Waals surface area (Å²) < 4.78 is 23.6. The van der Waals surface area contributed by atoms with Crippen LogP contribution < -0.4 is 20.1 Å². The first-order valence-corrected chi connectivity index (χ1v) is 10.0. The van der Waals surface area contributed by atoms with Crippen LogP contribution in [0, 0.1) is 5.82 Å². The fourth-order valence-electron chi connectivity index (χ4n) is 2.53. The largest absolute Gasteiger partial charge is 0.493 e. The second kappa shape index (κ2) is 10.4. The molecule has 0 aliphatic rings. The van der Waals surface area contributed by atoms with Crippen LogP contribution in [0.4, 0.5) is 15.9 Å². The molecule has 0 fully saturated rings. The van der Waals surface area contributed by atoms with Crippen LogP contribution in [-0.4, -0.2) is 42.0 Å². The Kier molecular flexibility index (Phi) is 7.39. The maximum Gasteiger partial charge on any atom is 0.256 e. The molecule has 0 bridgehead atoms. The topological polar surface area (TPSA) is 102 Å². The number of benzene rings is 2. The van der Waals surface area contributed by atoms with Crippen molar-refractivity contribution in [3.63, 3.8) is 0 Å². The molecule has 0 saturated heterocycles. The van der Waals surface area contributed by atoms with Gasteiger partial charge in [-0.05, 0) is 42.5 Å². The predicted molar refractivity (Wildman–Crippen MR) is 115 cm³/mol. The molecule has 0 spiro atoms. The average molecular weight is 442 g/mol. The number of carbonyl (C=O) groups is 2. The molecule has 0 atom stereocenters. The van der Waals surface area contributed by atoms with Gasteiger partial charge in [-0.25, -0.2) is 4.39 Å². The maximum atomic E-state index is 13.2. The van der Waals surface area contributed by atoms with E-state index in [4.69, 9.17) is 9.47 Å².